The Kier molecular flexibility index (Phi) is 4.94. The molecule has 2 amide bonds. The van der Waals surface area contributed by atoms with E-state index in [1.807, 2.05) is 24.3 Å². The molecule has 1 atom stereocenters. The van der Waals surface area contributed by atoms with Crippen molar-refractivity contribution in [1.29, 1.82) is 0 Å². The van der Waals surface area contributed by atoms with Crippen molar-refractivity contribution in [3.63, 3.8) is 0 Å². The predicted octanol–water partition coefficient (Wildman–Crippen LogP) is 1.87. The van der Waals surface area contributed by atoms with Crippen LogP contribution in [0.15, 0.2) is 30.8 Å². The molecule has 1 aromatic carbocycles. The molecule has 1 heterocycles. The van der Waals surface area contributed by atoms with Gasteiger partial charge in [0, 0.05) is 12.2 Å². The topological polar surface area (TPSA) is 59.6 Å². The lowest BCUT2D eigenvalue weighted by Gasteiger charge is -2.23. The summed E-state index contributed by atoms with van der Waals surface area (Å²) in [4.78, 5) is 11.7. The molecule has 102 valence electrons. The number of carbonyl (C=O) groups excluding carboxylic acids is 1. The summed E-state index contributed by atoms with van der Waals surface area (Å²) in [6, 6.07) is 7.19. The van der Waals surface area contributed by atoms with E-state index in [2.05, 4.69) is 17.2 Å². The summed E-state index contributed by atoms with van der Waals surface area (Å²) in [6.07, 6.45) is 1.69. The minimum Gasteiger partial charge on any atom is -0.376 e. The molecule has 0 saturated carbocycles. The minimum absolute atomic E-state index is 0.0670. The maximum atomic E-state index is 11.7. The van der Waals surface area contributed by atoms with Gasteiger partial charge in [-0.3, -0.25) is 0 Å². The number of anilines is 1. The molecule has 19 heavy (non-hydrogen) atoms. The Labute approximate surface area is 112 Å². The maximum Gasteiger partial charge on any atom is 0.319 e. The third-order valence-corrected chi connectivity index (χ3v) is 2.78. The summed E-state index contributed by atoms with van der Waals surface area (Å²) in [7, 11) is 0. The van der Waals surface area contributed by atoms with Gasteiger partial charge in [0.25, 0.3) is 0 Å². The van der Waals surface area contributed by atoms with Gasteiger partial charge in [-0.15, -0.1) is 0 Å². The van der Waals surface area contributed by atoms with E-state index in [1.54, 1.807) is 6.08 Å². The molecule has 0 aliphatic carbocycles. The number of ether oxygens (including phenoxy) is 2. The zero-order chi connectivity index (χ0) is 13.5. The van der Waals surface area contributed by atoms with Gasteiger partial charge in [0.2, 0.25) is 0 Å². The normalized spacial score (nSPS) is 18.6. The van der Waals surface area contributed by atoms with Crippen LogP contribution in [0, 0.1) is 0 Å². The van der Waals surface area contributed by atoms with E-state index in [1.165, 1.54) is 0 Å². The zero-order valence-electron chi connectivity index (χ0n) is 10.7. The van der Waals surface area contributed by atoms with E-state index >= 15 is 0 Å². The van der Waals surface area contributed by atoms with Gasteiger partial charge in [-0.2, -0.15) is 0 Å². The van der Waals surface area contributed by atoms with Crippen LogP contribution in [0.5, 0.6) is 0 Å². The molecule has 1 saturated heterocycles. The van der Waals surface area contributed by atoms with Crippen molar-refractivity contribution >= 4 is 17.8 Å². The van der Waals surface area contributed by atoms with Gasteiger partial charge in [0.15, 0.2) is 0 Å². The van der Waals surface area contributed by atoms with E-state index in [0.717, 1.165) is 11.3 Å². The quantitative estimate of drug-likeness (QED) is 0.870. The van der Waals surface area contributed by atoms with E-state index < -0.39 is 0 Å². The summed E-state index contributed by atoms with van der Waals surface area (Å²) >= 11 is 0. The van der Waals surface area contributed by atoms with Crippen LogP contribution < -0.4 is 10.6 Å². The largest absolute Gasteiger partial charge is 0.376 e. The molecular weight excluding hydrogens is 244 g/mol. The fourth-order valence-electron chi connectivity index (χ4n) is 1.74. The second kappa shape index (κ2) is 6.92. The van der Waals surface area contributed by atoms with Crippen molar-refractivity contribution in [3.05, 3.63) is 36.4 Å². The molecule has 1 aliphatic rings. The molecule has 5 nitrogen and oxygen atoms in total. The average molecular weight is 262 g/mol. The lowest BCUT2D eigenvalue weighted by atomic mass is 10.2. The Bertz CT molecular complexity index is 425. The van der Waals surface area contributed by atoms with Gasteiger partial charge in [0.1, 0.15) is 0 Å². The van der Waals surface area contributed by atoms with Crippen molar-refractivity contribution < 1.29 is 14.3 Å². The third kappa shape index (κ3) is 4.39. The van der Waals surface area contributed by atoms with Crippen molar-refractivity contribution in [2.75, 3.05) is 31.7 Å². The number of carbonyl (C=O) groups is 1. The molecule has 0 unspecified atom stereocenters. The van der Waals surface area contributed by atoms with E-state index in [4.69, 9.17) is 9.47 Å². The highest BCUT2D eigenvalue weighted by Crippen LogP contribution is 2.10. The highest BCUT2D eigenvalue weighted by Gasteiger charge is 2.14. The molecule has 5 heteroatoms. The van der Waals surface area contributed by atoms with Gasteiger partial charge >= 0.3 is 6.03 Å². The predicted molar refractivity (Wildman–Crippen MR) is 74.1 cm³/mol. The van der Waals surface area contributed by atoms with Crippen LogP contribution in [0.2, 0.25) is 0 Å². The van der Waals surface area contributed by atoms with Gasteiger partial charge in [-0.05, 0) is 17.7 Å². The van der Waals surface area contributed by atoms with Crippen molar-refractivity contribution in [2.24, 2.45) is 0 Å². The first-order valence-electron chi connectivity index (χ1n) is 6.24. The highest BCUT2D eigenvalue weighted by atomic mass is 16.6. The van der Waals surface area contributed by atoms with Crippen LogP contribution in [0.4, 0.5) is 10.5 Å². The smallest absolute Gasteiger partial charge is 0.319 e. The molecule has 0 radical (unpaired) electrons. The van der Waals surface area contributed by atoms with Crippen molar-refractivity contribution in [1.82, 2.24) is 5.32 Å². The first kappa shape index (κ1) is 13.6. The summed E-state index contributed by atoms with van der Waals surface area (Å²) in [5.41, 5.74) is 1.75. The van der Waals surface area contributed by atoms with Gasteiger partial charge in [-0.1, -0.05) is 24.8 Å². The molecule has 0 bridgehead atoms. The monoisotopic (exact) mass is 262 g/mol. The molecule has 1 aromatic rings. The fraction of sp³-hybridized carbons (Fsp3) is 0.357. The van der Waals surface area contributed by atoms with Crippen LogP contribution in [0.3, 0.4) is 0 Å². The molecular formula is C14H18N2O3. The number of rotatable bonds is 4. The van der Waals surface area contributed by atoms with Gasteiger partial charge < -0.3 is 20.1 Å². The van der Waals surface area contributed by atoms with Crippen LogP contribution >= 0.6 is 0 Å². The van der Waals surface area contributed by atoms with E-state index in [9.17, 15) is 4.79 Å². The Morgan fingerprint density at radius 3 is 2.79 bits per heavy atom. The fourth-order valence-corrected chi connectivity index (χ4v) is 1.74. The van der Waals surface area contributed by atoms with E-state index in [0.29, 0.717) is 26.4 Å². The first-order chi connectivity index (χ1) is 9.28. The summed E-state index contributed by atoms with van der Waals surface area (Å²) < 4.78 is 10.7. The molecule has 2 N–H and O–H groups in total. The molecule has 2 rings (SSSR count). The lowest BCUT2D eigenvalue weighted by molar-refractivity contribution is -0.0852. The molecule has 1 fully saturated rings. The number of urea groups is 1. The Hall–Kier alpha value is -1.85. The Morgan fingerprint density at radius 2 is 2.16 bits per heavy atom. The number of benzene rings is 1. The van der Waals surface area contributed by atoms with Gasteiger partial charge in [-0.25, -0.2) is 4.79 Å². The number of nitrogens with one attached hydrogen (secondary N) is 2. The average Bonchev–Trinajstić information content (AvgIpc) is 2.47. The van der Waals surface area contributed by atoms with Crippen molar-refractivity contribution in [2.45, 2.75) is 6.10 Å². The van der Waals surface area contributed by atoms with Crippen LogP contribution in [-0.4, -0.2) is 38.5 Å². The van der Waals surface area contributed by atoms with Crippen molar-refractivity contribution in [3.8, 4) is 0 Å². The summed E-state index contributed by atoms with van der Waals surface area (Å²) in [5, 5.41) is 5.51. The Morgan fingerprint density at radius 1 is 1.37 bits per heavy atom. The summed E-state index contributed by atoms with van der Waals surface area (Å²) in [6.45, 7) is 5.84. The number of amides is 2. The SMILES string of the molecule is C=Cc1ccc(NC(=O)NC[C@@H]2COCCO2)cc1. The molecule has 1 aliphatic heterocycles. The highest BCUT2D eigenvalue weighted by molar-refractivity contribution is 5.89. The molecule has 0 aromatic heterocycles. The van der Waals surface area contributed by atoms with Crippen LogP contribution in [0.1, 0.15) is 5.56 Å². The standard InChI is InChI=1S/C14H18N2O3/c1-2-11-3-5-12(6-4-11)16-14(17)15-9-13-10-18-7-8-19-13/h2-6,13H,1,7-10H2,(H2,15,16,17)/t13-/m1/s1. The van der Waals surface area contributed by atoms with Gasteiger partial charge in [0.05, 0.1) is 25.9 Å². The molecule has 0 spiro atoms. The minimum atomic E-state index is -0.250. The summed E-state index contributed by atoms with van der Waals surface area (Å²) in [5.74, 6) is 0. The van der Waals surface area contributed by atoms with Crippen LogP contribution in [0.25, 0.3) is 6.08 Å². The Balaban J connectivity index is 1.75. The number of hydrogen-bond acceptors (Lipinski definition) is 3. The van der Waals surface area contributed by atoms with E-state index in [-0.39, 0.29) is 12.1 Å². The first-order valence-corrected chi connectivity index (χ1v) is 6.24. The number of hydrogen-bond donors (Lipinski definition) is 2. The maximum absolute atomic E-state index is 11.7. The second-order valence-corrected chi connectivity index (χ2v) is 4.23. The lowest BCUT2D eigenvalue weighted by Crippen LogP contribution is -2.41. The second-order valence-electron chi connectivity index (χ2n) is 4.23. The van der Waals surface area contributed by atoms with Crippen LogP contribution in [-0.2, 0) is 9.47 Å². The zero-order valence-corrected chi connectivity index (χ0v) is 10.7. The third-order valence-electron chi connectivity index (χ3n) is 2.78.